The van der Waals surface area contributed by atoms with E-state index in [1.165, 1.54) is 4.43 Å². The maximum atomic E-state index is 3.70. The van der Waals surface area contributed by atoms with E-state index in [0.717, 1.165) is 5.28 Å². The van der Waals surface area contributed by atoms with Crippen LogP contribution in [-0.4, -0.2) is 15.2 Å². The van der Waals surface area contributed by atoms with Crippen LogP contribution in [0.4, 0.5) is 0 Å². The van der Waals surface area contributed by atoms with Gasteiger partial charge in [0, 0.05) is 0 Å². The molecule has 0 unspecified atom stereocenters. The van der Waals surface area contributed by atoms with Gasteiger partial charge in [0.1, 0.15) is 0 Å². The second-order valence-corrected chi connectivity index (χ2v) is 3.69. The Bertz CT molecular complexity index is 196. The maximum absolute atomic E-state index is 3.70. The quantitative estimate of drug-likeness (QED) is 0.398. The van der Waals surface area contributed by atoms with Gasteiger partial charge in [0.25, 0.3) is 0 Å². The van der Waals surface area contributed by atoms with Crippen LogP contribution in [0.1, 0.15) is 0 Å². The van der Waals surface area contributed by atoms with Gasteiger partial charge in [-0.2, -0.15) is 0 Å². The molecule has 0 heterocycles. The average Bonchev–Trinajstić information content (AvgIpc) is 2.03. The predicted octanol–water partition coefficient (Wildman–Crippen LogP) is -1.38. The standard InChI is InChI=1S/C6H5.C3H5.Al.ClH/c1-2-4-6-5-3-1;1-3-2;;/h1-5H;3H,1-2H2;;1H/q;;+1;/p-1. The van der Waals surface area contributed by atoms with Crippen LogP contribution in [0.3, 0.4) is 0 Å². The Balaban J connectivity index is 0.000001000. The molecule has 0 saturated heterocycles. The largest absolute Gasteiger partial charge is 1.00 e. The van der Waals surface area contributed by atoms with Crippen molar-refractivity contribution in [3.05, 3.63) is 43.0 Å². The van der Waals surface area contributed by atoms with Crippen molar-refractivity contribution in [3.8, 4) is 0 Å². The first-order valence-electron chi connectivity index (χ1n) is 3.42. The molecule has 1 aromatic rings. The van der Waals surface area contributed by atoms with Crippen LogP contribution in [0.5, 0.6) is 0 Å². The second-order valence-electron chi connectivity index (χ2n) is 2.14. The molecule has 56 valence electrons. The van der Waals surface area contributed by atoms with Crippen LogP contribution < -0.4 is 16.8 Å². The molecule has 0 atom stereocenters. The maximum Gasteiger partial charge on any atom is -1.00 e. The monoisotopic (exact) mass is 180 g/mol. The Morgan fingerprint density at radius 3 is 2.45 bits per heavy atom. The third kappa shape index (κ3) is 4.27. The Kier molecular flexibility index (Phi) is 6.36. The van der Waals surface area contributed by atoms with Crippen LogP contribution in [-0.2, 0) is 0 Å². The van der Waals surface area contributed by atoms with Crippen LogP contribution in [0, 0.1) is 0 Å². The molecule has 0 fully saturated rings. The van der Waals surface area contributed by atoms with Gasteiger partial charge in [-0.25, -0.2) is 0 Å². The summed E-state index contributed by atoms with van der Waals surface area (Å²) in [5.41, 5.74) is 0. The molecule has 0 radical (unpaired) electrons. The molecule has 0 amide bonds. The van der Waals surface area contributed by atoms with Gasteiger partial charge in [0.05, 0.1) is 0 Å². The molecule has 0 N–H and O–H groups in total. The summed E-state index contributed by atoms with van der Waals surface area (Å²) >= 11 is 0.428. The van der Waals surface area contributed by atoms with E-state index < -0.39 is 0 Å². The van der Waals surface area contributed by atoms with Gasteiger partial charge in [-0.05, 0) is 0 Å². The number of benzene rings is 1. The fourth-order valence-electron chi connectivity index (χ4n) is 0.809. The van der Waals surface area contributed by atoms with Gasteiger partial charge in [0.15, 0.2) is 0 Å². The minimum absolute atomic E-state index is 0. The van der Waals surface area contributed by atoms with E-state index in [0.29, 0.717) is 15.2 Å². The summed E-state index contributed by atoms with van der Waals surface area (Å²) in [6.07, 6.45) is 1.99. The first-order valence-corrected chi connectivity index (χ1v) is 4.82. The molecule has 0 saturated carbocycles. The minimum Gasteiger partial charge on any atom is -1.00 e. The molecule has 0 nitrogen and oxygen atoms in total. The molecule has 0 aliphatic heterocycles. The average molecular weight is 181 g/mol. The zero-order chi connectivity index (χ0) is 7.23. The van der Waals surface area contributed by atoms with E-state index in [1.54, 1.807) is 0 Å². The Labute approximate surface area is 80.4 Å². The smallest absolute Gasteiger partial charge is 1.00 e. The Morgan fingerprint density at radius 1 is 1.27 bits per heavy atom. The molecule has 1 rings (SSSR count). The molecule has 1 aromatic carbocycles. The fraction of sp³-hybridized carbons (Fsp3) is 0.111. The van der Waals surface area contributed by atoms with E-state index in [9.17, 15) is 0 Å². The first-order chi connectivity index (χ1) is 4.93. The summed E-state index contributed by atoms with van der Waals surface area (Å²) < 4.78 is 1.47. The van der Waals surface area contributed by atoms with Gasteiger partial charge in [-0.15, -0.1) is 0 Å². The van der Waals surface area contributed by atoms with Gasteiger partial charge in [0.2, 0.25) is 0 Å². The molecular weight excluding hydrogens is 171 g/mol. The van der Waals surface area contributed by atoms with E-state index in [1.807, 2.05) is 6.08 Å². The Hall–Kier alpha value is -0.218. The predicted molar refractivity (Wildman–Crippen MR) is 46.8 cm³/mol. The zero-order valence-corrected chi connectivity index (χ0v) is 8.24. The van der Waals surface area contributed by atoms with Crippen LogP contribution in [0.2, 0.25) is 5.28 Å². The van der Waals surface area contributed by atoms with Crippen molar-refractivity contribution in [1.82, 2.24) is 0 Å². The van der Waals surface area contributed by atoms with Crippen molar-refractivity contribution in [1.29, 1.82) is 0 Å². The Morgan fingerprint density at radius 2 is 1.91 bits per heavy atom. The van der Waals surface area contributed by atoms with Gasteiger partial charge in [-0.3, -0.25) is 0 Å². The molecule has 0 aliphatic carbocycles. The summed E-state index contributed by atoms with van der Waals surface area (Å²) in [6, 6.07) is 10.6. The third-order valence-electron chi connectivity index (χ3n) is 1.32. The summed E-state index contributed by atoms with van der Waals surface area (Å²) in [5, 5.41) is 1.16. The van der Waals surface area contributed by atoms with Crippen molar-refractivity contribution in [2.45, 2.75) is 5.28 Å². The molecule has 0 bridgehead atoms. The van der Waals surface area contributed by atoms with E-state index in [2.05, 4.69) is 36.9 Å². The topological polar surface area (TPSA) is 0 Å². The third-order valence-corrected chi connectivity index (χ3v) is 2.75. The number of halogens is 1. The van der Waals surface area contributed by atoms with Crippen LogP contribution >= 0.6 is 0 Å². The van der Waals surface area contributed by atoms with E-state index >= 15 is 0 Å². The molecule has 0 aliphatic rings. The number of allylic oxidation sites excluding steroid dienone is 1. The first kappa shape index (κ1) is 10.8. The van der Waals surface area contributed by atoms with Crippen LogP contribution in [0.15, 0.2) is 43.0 Å². The zero-order valence-electron chi connectivity index (χ0n) is 6.33. The summed E-state index contributed by atoms with van der Waals surface area (Å²) in [6.45, 7) is 3.70. The molecule has 0 spiro atoms. The second kappa shape index (κ2) is 6.49. The van der Waals surface area contributed by atoms with Crippen molar-refractivity contribution in [2.75, 3.05) is 0 Å². The summed E-state index contributed by atoms with van der Waals surface area (Å²) in [5.74, 6) is 0. The van der Waals surface area contributed by atoms with Gasteiger partial charge in [-0.1, -0.05) is 0 Å². The number of hydrogen-bond acceptors (Lipinski definition) is 0. The van der Waals surface area contributed by atoms with Crippen molar-refractivity contribution in [3.63, 3.8) is 0 Å². The molecular formula is C9H10AlCl. The minimum atomic E-state index is 0. The molecule has 0 aromatic heterocycles. The van der Waals surface area contributed by atoms with E-state index in [-0.39, 0.29) is 12.4 Å². The van der Waals surface area contributed by atoms with Gasteiger partial charge >= 0.3 is 67.9 Å². The normalized spacial score (nSPS) is 7.64. The van der Waals surface area contributed by atoms with Crippen molar-refractivity contribution < 1.29 is 12.4 Å². The number of hydrogen-bond donors (Lipinski definition) is 0. The molecule has 2 heteroatoms. The SMILES string of the molecule is C=C[CH2][Al+][c]1ccccc1.[Cl-]. The van der Waals surface area contributed by atoms with Gasteiger partial charge < -0.3 is 12.4 Å². The van der Waals surface area contributed by atoms with Crippen molar-refractivity contribution in [2.24, 2.45) is 0 Å². The molecule has 11 heavy (non-hydrogen) atoms. The summed E-state index contributed by atoms with van der Waals surface area (Å²) in [7, 11) is 0. The summed E-state index contributed by atoms with van der Waals surface area (Å²) in [4.78, 5) is 0. The fourth-order valence-corrected chi connectivity index (χ4v) is 1.74. The number of rotatable bonds is 3. The van der Waals surface area contributed by atoms with E-state index in [4.69, 9.17) is 0 Å². The van der Waals surface area contributed by atoms with Crippen molar-refractivity contribution >= 4 is 19.6 Å². The van der Waals surface area contributed by atoms with Crippen LogP contribution in [0.25, 0.3) is 0 Å².